The molecule has 0 fully saturated rings. The molecular weight excluding hydrogens is 240 g/mol. The molecule has 5 heteroatoms. The van der Waals surface area contributed by atoms with Gasteiger partial charge in [0.2, 0.25) is 0 Å². The van der Waals surface area contributed by atoms with Crippen molar-refractivity contribution in [3.05, 3.63) is 29.3 Å². The number of rotatable bonds is 4. The molecule has 94 valence electrons. The Morgan fingerprint density at radius 1 is 1.41 bits per heavy atom. The van der Waals surface area contributed by atoms with Gasteiger partial charge in [0.05, 0.1) is 6.61 Å². The SMILES string of the molecule is CC(C)N(CCO)C(=O)Nc1ccc(Cl)cc1. The number of carbonyl (C=O) groups excluding carboxylic acids is 1. The highest BCUT2D eigenvalue weighted by molar-refractivity contribution is 6.30. The fourth-order valence-electron chi connectivity index (χ4n) is 1.43. The molecule has 0 saturated carbocycles. The van der Waals surface area contributed by atoms with Crippen LogP contribution >= 0.6 is 11.6 Å². The number of anilines is 1. The minimum atomic E-state index is -0.226. The largest absolute Gasteiger partial charge is 0.395 e. The lowest BCUT2D eigenvalue weighted by Crippen LogP contribution is -2.41. The lowest BCUT2D eigenvalue weighted by atomic mass is 10.3. The second kappa shape index (κ2) is 6.47. The molecular formula is C12H17ClN2O2. The lowest BCUT2D eigenvalue weighted by Gasteiger charge is -2.26. The van der Waals surface area contributed by atoms with Crippen molar-refractivity contribution in [1.82, 2.24) is 4.90 Å². The van der Waals surface area contributed by atoms with Crippen molar-refractivity contribution in [2.75, 3.05) is 18.5 Å². The number of nitrogens with zero attached hydrogens (tertiary/aromatic N) is 1. The van der Waals surface area contributed by atoms with E-state index in [1.807, 2.05) is 13.8 Å². The Kier molecular flexibility index (Phi) is 5.25. The van der Waals surface area contributed by atoms with Gasteiger partial charge in [-0.3, -0.25) is 0 Å². The van der Waals surface area contributed by atoms with Gasteiger partial charge in [0.1, 0.15) is 0 Å². The Morgan fingerprint density at radius 2 is 2.00 bits per heavy atom. The summed E-state index contributed by atoms with van der Waals surface area (Å²) in [6, 6.07) is 6.70. The summed E-state index contributed by atoms with van der Waals surface area (Å²) in [5, 5.41) is 12.3. The van der Waals surface area contributed by atoms with Crippen LogP contribution in [0.4, 0.5) is 10.5 Å². The number of hydrogen-bond donors (Lipinski definition) is 2. The van der Waals surface area contributed by atoms with Crippen LogP contribution in [0.1, 0.15) is 13.8 Å². The molecule has 1 aromatic carbocycles. The fourth-order valence-corrected chi connectivity index (χ4v) is 1.56. The molecule has 17 heavy (non-hydrogen) atoms. The van der Waals surface area contributed by atoms with Crippen molar-refractivity contribution < 1.29 is 9.90 Å². The number of aliphatic hydroxyl groups excluding tert-OH is 1. The summed E-state index contributed by atoms with van der Waals surface area (Å²) in [4.78, 5) is 13.5. The molecule has 0 heterocycles. The van der Waals surface area contributed by atoms with Crippen molar-refractivity contribution in [2.45, 2.75) is 19.9 Å². The van der Waals surface area contributed by atoms with Crippen molar-refractivity contribution in [2.24, 2.45) is 0 Å². The maximum absolute atomic E-state index is 11.9. The second-order valence-corrected chi connectivity index (χ2v) is 4.38. The van der Waals surface area contributed by atoms with E-state index in [0.717, 1.165) is 0 Å². The highest BCUT2D eigenvalue weighted by atomic mass is 35.5. The third-order valence-corrected chi connectivity index (χ3v) is 2.57. The number of amides is 2. The van der Waals surface area contributed by atoms with E-state index in [1.165, 1.54) is 0 Å². The predicted molar refractivity (Wildman–Crippen MR) is 69.4 cm³/mol. The van der Waals surface area contributed by atoms with Crippen LogP contribution in [0, 0.1) is 0 Å². The molecule has 0 unspecified atom stereocenters. The summed E-state index contributed by atoms with van der Waals surface area (Å²) < 4.78 is 0. The van der Waals surface area contributed by atoms with E-state index >= 15 is 0 Å². The van der Waals surface area contributed by atoms with Crippen LogP contribution < -0.4 is 5.32 Å². The zero-order chi connectivity index (χ0) is 12.8. The van der Waals surface area contributed by atoms with Gasteiger partial charge in [-0.05, 0) is 38.1 Å². The van der Waals surface area contributed by atoms with Gasteiger partial charge in [-0.1, -0.05) is 11.6 Å². The normalized spacial score (nSPS) is 10.4. The van der Waals surface area contributed by atoms with E-state index in [1.54, 1.807) is 29.2 Å². The van der Waals surface area contributed by atoms with Gasteiger partial charge in [0, 0.05) is 23.3 Å². The predicted octanol–water partition coefficient (Wildman–Crippen LogP) is 2.57. The molecule has 0 atom stereocenters. The zero-order valence-electron chi connectivity index (χ0n) is 9.98. The molecule has 0 aliphatic rings. The van der Waals surface area contributed by atoms with Gasteiger partial charge in [-0.2, -0.15) is 0 Å². The summed E-state index contributed by atoms with van der Waals surface area (Å²) in [5.74, 6) is 0. The Morgan fingerprint density at radius 3 is 2.47 bits per heavy atom. The molecule has 0 bridgehead atoms. The second-order valence-electron chi connectivity index (χ2n) is 3.95. The van der Waals surface area contributed by atoms with Crippen molar-refractivity contribution in [3.8, 4) is 0 Å². The summed E-state index contributed by atoms with van der Waals surface area (Å²) in [7, 11) is 0. The Labute approximate surface area is 106 Å². The Bertz CT molecular complexity index is 365. The van der Waals surface area contributed by atoms with Gasteiger partial charge in [0.25, 0.3) is 0 Å². The summed E-state index contributed by atoms with van der Waals surface area (Å²) in [6.07, 6.45) is 0. The molecule has 2 N–H and O–H groups in total. The minimum Gasteiger partial charge on any atom is -0.395 e. The molecule has 0 aliphatic carbocycles. The summed E-state index contributed by atoms with van der Waals surface area (Å²) in [5.41, 5.74) is 0.683. The number of aliphatic hydroxyl groups is 1. The molecule has 1 aromatic rings. The smallest absolute Gasteiger partial charge is 0.322 e. The first-order valence-electron chi connectivity index (χ1n) is 5.48. The van der Waals surface area contributed by atoms with E-state index < -0.39 is 0 Å². The van der Waals surface area contributed by atoms with Gasteiger partial charge in [-0.15, -0.1) is 0 Å². The van der Waals surface area contributed by atoms with Crippen LogP contribution in [-0.2, 0) is 0 Å². The van der Waals surface area contributed by atoms with Crippen LogP contribution in [0.25, 0.3) is 0 Å². The fraction of sp³-hybridized carbons (Fsp3) is 0.417. The third kappa shape index (κ3) is 4.24. The van der Waals surface area contributed by atoms with Crippen molar-refractivity contribution in [3.63, 3.8) is 0 Å². The highest BCUT2D eigenvalue weighted by Gasteiger charge is 2.15. The maximum atomic E-state index is 11.9. The van der Waals surface area contributed by atoms with Crippen LogP contribution in [0.2, 0.25) is 5.02 Å². The average Bonchev–Trinajstić information content (AvgIpc) is 2.28. The van der Waals surface area contributed by atoms with Crippen LogP contribution in [0.3, 0.4) is 0 Å². The Hall–Kier alpha value is -1.26. The zero-order valence-corrected chi connectivity index (χ0v) is 10.7. The maximum Gasteiger partial charge on any atom is 0.322 e. The van der Waals surface area contributed by atoms with Gasteiger partial charge >= 0.3 is 6.03 Å². The monoisotopic (exact) mass is 256 g/mol. The topological polar surface area (TPSA) is 52.6 Å². The molecule has 0 spiro atoms. The standard InChI is InChI=1S/C12H17ClN2O2/c1-9(2)15(7-8-16)12(17)14-11-5-3-10(13)4-6-11/h3-6,9,16H,7-8H2,1-2H3,(H,14,17). The van der Waals surface area contributed by atoms with E-state index in [2.05, 4.69) is 5.32 Å². The van der Waals surface area contributed by atoms with Crippen LogP contribution in [-0.4, -0.2) is 35.2 Å². The highest BCUT2D eigenvalue weighted by Crippen LogP contribution is 2.14. The minimum absolute atomic E-state index is 0.0365. The van der Waals surface area contributed by atoms with Gasteiger partial charge in [-0.25, -0.2) is 4.79 Å². The molecule has 0 aromatic heterocycles. The number of carbonyl (C=O) groups is 1. The van der Waals surface area contributed by atoms with Crippen LogP contribution in [0.5, 0.6) is 0 Å². The number of urea groups is 1. The molecule has 0 radical (unpaired) electrons. The molecule has 1 rings (SSSR count). The molecule has 0 aliphatic heterocycles. The van der Waals surface area contributed by atoms with Crippen LogP contribution in [0.15, 0.2) is 24.3 Å². The quantitative estimate of drug-likeness (QED) is 0.870. The molecule has 0 saturated heterocycles. The van der Waals surface area contributed by atoms with E-state index in [-0.39, 0.29) is 18.7 Å². The number of nitrogens with one attached hydrogen (secondary N) is 1. The van der Waals surface area contributed by atoms with E-state index in [9.17, 15) is 4.79 Å². The third-order valence-electron chi connectivity index (χ3n) is 2.32. The van der Waals surface area contributed by atoms with Crippen molar-refractivity contribution in [1.29, 1.82) is 0 Å². The first-order valence-corrected chi connectivity index (χ1v) is 5.86. The number of benzene rings is 1. The lowest BCUT2D eigenvalue weighted by molar-refractivity contribution is 0.172. The van der Waals surface area contributed by atoms with Crippen molar-refractivity contribution >= 4 is 23.3 Å². The summed E-state index contributed by atoms with van der Waals surface area (Å²) in [6.45, 7) is 4.07. The van der Waals surface area contributed by atoms with Gasteiger partial charge < -0.3 is 15.3 Å². The Balaban J connectivity index is 2.66. The van der Waals surface area contributed by atoms with Gasteiger partial charge in [0.15, 0.2) is 0 Å². The summed E-state index contributed by atoms with van der Waals surface area (Å²) >= 11 is 5.75. The number of halogens is 1. The molecule has 2 amide bonds. The van der Waals surface area contributed by atoms with E-state index in [4.69, 9.17) is 16.7 Å². The van der Waals surface area contributed by atoms with E-state index in [0.29, 0.717) is 17.3 Å². The first-order chi connectivity index (χ1) is 8.04. The average molecular weight is 257 g/mol. The molecule has 4 nitrogen and oxygen atoms in total. The first kappa shape index (κ1) is 13.8. The number of hydrogen-bond acceptors (Lipinski definition) is 2.